The van der Waals surface area contributed by atoms with Crippen molar-refractivity contribution in [2.75, 3.05) is 13.1 Å². The number of benzene rings is 2. The van der Waals surface area contributed by atoms with Gasteiger partial charge in [0.15, 0.2) is 5.78 Å². The minimum Gasteiger partial charge on any atom is -0.333 e. The molecule has 0 bridgehead atoms. The number of piperazine rings is 1. The fraction of sp³-hybridized carbons (Fsp3) is 0.300. The van der Waals surface area contributed by atoms with Crippen molar-refractivity contribution in [1.82, 2.24) is 10.2 Å². The summed E-state index contributed by atoms with van der Waals surface area (Å²) in [5.74, 6) is -0.557. The third-order valence-corrected chi connectivity index (χ3v) is 7.33. The van der Waals surface area contributed by atoms with Gasteiger partial charge in [0.2, 0.25) is 9.84 Å². The van der Waals surface area contributed by atoms with Crippen molar-refractivity contribution in [3.05, 3.63) is 59.2 Å². The summed E-state index contributed by atoms with van der Waals surface area (Å²) in [6.45, 7) is 5.21. The molecule has 2 aromatic carbocycles. The lowest BCUT2D eigenvalue weighted by Crippen LogP contribution is -2.57. The lowest BCUT2D eigenvalue weighted by molar-refractivity contribution is 0.0602. The SMILES string of the molecule is CC1NCCN(C(=O)c2ccc3c(c2)S(=O)(=O)c2ccccc2C3=O)C1C. The van der Waals surface area contributed by atoms with E-state index < -0.39 is 9.84 Å². The number of carbonyl (C=O) groups excluding carboxylic acids is 2. The van der Waals surface area contributed by atoms with Gasteiger partial charge in [-0.3, -0.25) is 9.59 Å². The molecule has 2 heterocycles. The zero-order valence-corrected chi connectivity index (χ0v) is 15.9. The van der Waals surface area contributed by atoms with Crippen LogP contribution in [0.5, 0.6) is 0 Å². The van der Waals surface area contributed by atoms with E-state index in [1.165, 1.54) is 24.3 Å². The van der Waals surface area contributed by atoms with Crippen LogP contribution in [0.3, 0.4) is 0 Å². The molecule has 2 aliphatic rings. The Morgan fingerprint density at radius 1 is 1.07 bits per heavy atom. The van der Waals surface area contributed by atoms with E-state index in [1.54, 1.807) is 23.1 Å². The Hall–Kier alpha value is -2.51. The Balaban J connectivity index is 1.79. The predicted molar refractivity (Wildman–Crippen MR) is 99.7 cm³/mol. The van der Waals surface area contributed by atoms with Crippen LogP contribution in [0.2, 0.25) is 0 Å². The van der Waals surface area contributed by atoms with Gasteiger partial charge >= 0.3 is 0 Å². The molecular weight excluding hydrogens is 364 g/mol. The van der Waals surface area contributed by atoms with E-state index in [9.17, 15) is 18.0 Å². The van der Waals surface area contributed by atoms with Crippen molar-refractivity contribution in [1.29, 1.82) is 0 Å². The van der Waals surface area contributed by atoms with Gasteiger partial charge in [-0.15, -0.1) is 0 Å². The number of nitrogens with one attached hydrogen (secondary N) is 1. The Kier molecular flexibility index (Phi) is 4.16. The molecular formula is C20H20N2O4S. The Bertz CT molecular complexity index is 1060. The van der Waals surface area contributed by atoms with Crippen LogP contribution in [0.1, 0.15) is 40.1 Å². The molecule has 2 unspecified atom stereocenters. The third-order valence-electron chi connectivity index (χ3n) is 5.48. The van der Waals surface area contributed by atoms with Crippen LogP contribution < -0.4 is 5.32 Å². The molecule has 6 nitrogen and oxygen atoms in total. The van der Waals surface area contributed by atoms with Gasteiger partial charge in [-0.2, -0.15) is 0 Å². The highest BCUT2D eigenvalue weighted by Crippen LogP contribution is 2.35. The molecule has 0 saturated carbocycles. The number of ketones is 1. The average molecular weight is 384 g/mol. The molecule has 1 fully saturated rings. The number of sulfone groups is 1. The monoisotopic (exact) mass is 384 g/mol. The van der Waals surface area contributed by atoms with E-state index in [2.05, 4.69) is 5.32 Å². The van der Waals surface area contributed by atoms with E-state index in [0.717, 1.165) is 0 Å². The number of amides is 1. The Labute approximate surface area is 158 Å². The molecule has 27 heavy (non-hydrogen) atoms. The van der Waals surface area contributed by atoms with E-state index >= 15 is 0 Å². The van der Waals surface area contributed by atoms with Crippen LogP contribution in [0.25, 0.3) is 0 Å². The highest BCUT2D eigenvalue weighted by Gasteiger charge is 2.36. The number of hydrogen-bond donors (Lipinski definition) is 1. The lowest BCUT2D eigenvalue weighted by Gasteiger charge is -2.38. The second-order valence-electron chi connectivity index (χ2n) is 7.02. The smallest absolute Gasteiger partial charge is 0.254 e. The zero-order chi connectivity index (χ0) is 19.3. The molecule has 1 amide bonds. The van der Waals surface area contributed by atoms with Crippen LogP contribution in [-0.2, 0) is 9.84 Å². The second-order valence-corrected chi connectivity index (χ2v) is 8.91. The summed E-state index contributed by atoms with van der Waals surface area (Å²) in [4.78, 5) is 27.4. The molecule has 7 heteroatoms. The first-order chi connectivity index (χ1) is 12.8. The van der Waals surface area contributed by atoms with Crippen molar-refractivity contribution in [3.8, 4) is 0 Å². The van der Waals surface area contributed by atoms with Gasteiger partial charge in [0.05, 0.1) is 9.79 Å². The van der Waals surface area contributed by atoms with E-state index in [0.29, 0.717) is 13.1 Å². The van der Waals surface area contributed by atoms with Crippen LogP contribution >= 0.6 is 0 Å². The number of fused-ring (bicyclic) bond motifs is 2. The Morgan fingerprint density at radius 3 is 2.56 bits per heavy atom. The summed E-state index contributed by atoms with van der Waals surface area (Å²) in [7, 11) is -3.85. The zero-order valence-electron chi connectivity index (χ0n) is 15.1. The summed E-state index contributed by atoms with van der Waals surface area (Å²) in [5, 5.41) is 3.31. The summed E-state index contributed by atoms with van der Waals surface area (Å²) in [6.07, 6.45) is 0. The fourth-order valence-electron chi connectivity index (χ4n) is 3.73. The molecule has 0 aliphatic carbocycles. The van der Waals surface area contributed by atoms with Crippen molar-refractivity contribution < 1.29 is 18.0 Å². The second kappa shape index (κ2) is 6.28. The lowest BCUT2D eigenvalue weighted by atomic mass is 10.00. The molecule has 2 aliphatic heterocycles. The van der Waals surface area contributed by atoms with Gasteiger partial charge in [-0.25, -0.2) is 8.42 Å². The van der Waals surface area contributed by atoms with E-state index in [1.807, 2.05) is 13.8 Å². The maximum Gasteiger partial charge on any atom is 0.254 e. The molecule has 4 rings (SSSR count). The van der Waals surface area contributed by atoms with Crippen LogP contribution in [0.4, 0.5) is 0 Å². The van der Waals surface area contributed by atoms with Crippen LogP contribution in [0, 0.1) is 0 Å². The minimum absolute atomic E-state index is 0.00346. The fourth-order valence-corrected chi connectivity index (χ4v) is 5.40. The van der Waals surface area contributed by atoms with Gasteiger partial charge in [-0.05, 0) is 44.2 Å². The average Bonchev–Trinajstić information content (AvgIpc) is 2.68. The predicted octanol–water partition coefficient (Wildman–Crippen LogP) is 1.89. The molecule has 140 valence electrons. The highest BCUT2D eigenvalue weighted by molar-refractivity contribution is 7.91. The first-order valence-corrected chi connectivity index (χ1v) is 10.4. The molecule has 2 atom stereocenters. The number of rotatable bonds is 1. The van der Waals surface area contributed by atoms with E-state index in [-0.39, 0.29) is 50.3 Å². The maximum atomic E-state index is 13.0. The van der Waals surface area contributed by atoms with Gasteiger partial charge in [-0.1, -0.05) is 12.1 Å². The van der Waals surface area contributed by atoms with Gasteiger partial charge in [0.1, 0.15) is 0 Å². The van der Waals surface area contributed by atoms with Crippen LogP contribution in [0.15, 0.2) is 52.3 Å². The molecule has 1 saturated heterocycles. The summed E-state index contributed by atoms with van der Waals surface area (Å²) >= 11 is 0. The normalized spacial score (nSPS) is 23.5. The number of nitrogens with zero attached hydrogens (tertiary/aromatic N) is 1. The maximum absolute atomic E-state index is 13.0. The molecule has 2 aromatic rings. The van der Waals surface area contributed by atoms with Crippen molar-refractivity contribution in [2.24, 2.45) is 0 Å². The van der Waals surface area contributed by atoms with Gasteiger partial charge in [0, 0.05) is 41.9 Å². The van der Waals surface area contributed by atoms with Gasteiger partial charge < -0.3 is 10.2 Å². The molecule has 0 spiro atoms. The summed E-state index contributed by atoms with van der Waals surface area (Å²) in [6, 6.07) is 10.7. The summed E-state index contributed by atoms with van der Waals surface area (Å²) in [5.41, 5.74) is 0.575. The quantitative estimate of drug-likeness (QED) is 0.693. The van der Waals surface area contributed by atoms with Crippen molar-refractivity contribution in [2.45, 2.75) is 35.7 Å². The number of hydrogen-bond acceptors (Lipinski definition) is 5. The van der Waals surface area contributed by atoms with Crippen molar-refractivity contribution in [3.63, 3.8) is 0 Å². The molecule has 0 aromatic heterocycles. The number of carbonyl (C=O) groups is 2. The Morgan fingerprint density at radius 2 is 1.78 bits per heavy atom. The standard InChI is InChI=1S/C20H20N2O4S/c1-12-13(2)22(10-9-21-12)20(24)14-7-8-16-18(11-14)27(25,26)17-6-4-3-5-15(17)19(16)23/h3-8,11-13,21H,9-10H2,1-2H3. The topological polar surface area (TPSA) is 83.6 Å². The molecule has 1 N–H and O–H groups in total. The first kappa shape index (κ1) is 17.9. The molecule has 0 radical (unpaired) electrons. The summed E-state index contributed by atoms with van der Waals surface area (Å²) < 4.78 is 26.0. The van der Waals surface area contributed by atoms with Crippen LogP contribution in [-0.4, -0.2) is 50.2 Å². The van der Waals surface area contributed by atoms with Crippen molar-refractivity contribution >= 4 is 21.5 Å². The third kappa shape index (κ3) is 2.69. The van der Waals surface area contributed by atoms with Gasteiger partial charge in [0.25, 0.3) is 5.91 Å². The first-order valence-electron chi connectivity index (χ1n) is 8.89. The largest absolute Gasteiger partial charge is 0.333 e. The minimum atomic E-state index is -3.85. The van der Waals surface area contributed by atoms with E-state index in [4.69, 9.17) is 0 Å². The highest BCUT2D eigenvalue weighted by atomic mass is 32.2.